The van der Waals surface area contributed by atoms with Crippen LogP contribution >= 0.6 is 0 Å². The summed E-state index contributed by atoms with van der Waals surface area (Å²) in [6, 6.07) is 4.47. The molecule has 2 atom stereocenters. The van der Waals surface area contributed by atoms with E-state index in [4.69, 9.17) is 5.73 Å². The van der Waals surface area contributed by atoms with Gasteiger partial charge in [0.25, 0.3) is 5.69 Å². The largest absolute Gasteiger partial charge is 0.394 e. The fourth-order valence-electron chi connectivity index (χ4n) is 2.14. The van der Waals surface area contributed by atoms with Crippen molar-refractivity contribution in [2.75, 3.05) is 13.2 Å². The van der Waals surface area contributed by atoms with E-state index >= 15 is 0 Å². The minimum atomic E-state index is -1.14. The minimum absolute atomic E-state index is 0.0922. The van der Waals surface area contributed by atoms with Gasteiger partial charge in [-0.2, -0.15) is 0 Å². The van der Waals surface area contributed by atoms with Gasteiger partial charge in [0.05, 0.1) is 17.6 Å². The number of aliphatic hydroxyl groups excluding tert-OH is 2. The van der Waals surface area contributed by atoms with Gasteiger partial charge in [-0.1, -0.05) is 6.42 Å². The highest BCUT2D eigenvalue weighted by atomic mass is 16.6. The molecule has 0 heterocycles. The Morgan fingerprint density at radius 3 is 2.43 bits per heavy atom. The van der Waals surface area contributed by atoms with Crippen LogP contribution in [-0.4, -0.2) is 40.2 Å². The van der Waals surface area contributed by atoms with Gasteiger partial charge >= 0.3 is 0 Å². The number of benzene rings is 1. The zero-order chi connectivity index (χ0) is 17.2. The minimum Gasteiger partial charge on any atom is -0.394 e. The summed E-state index contributed by atoms with van der Waals surface area (Å²) >= 11 is 0. The van der Waals surface area contributed by atoms with E-state index < -0.39 is 23.7 Å². The van der Waals surface area contributed by atoms with Gasteiger partial charge < -0.3 is 21.3 Å². The van der Waals surface area contributed by atoms with Crippen molar-refractivity contribution in [3.8, 4) is 0 Å². The molecule has 0 saturated carbocycles. The Kier molecular flexibility index (Phi) is 8.17. The molecule has 0 fully saturated rings. The van der Waals surface area contributed by atoms with Crippen molar-refractivity contribution in [1.82, 2.24) is 5.32 Å². The van der Waals surface area contributed by atoms with Gasteiger partial charge in [0.1, 0.15) is 6.10 Å². The average Bonchev–Trinajstić information content (AvgIpc) is 2.56. The van der Waals surface area contributed by atoms with Crippen molar-refractivity contribution in [3.05, 3.63) is 39.9 Å². The van der Waals surface area contributed by atoms with Crippen LogP contribution in [-0.2, 0) is 4.79 Å². The molecule has 0 aliphatic carbocycles. The number of hydrogen-bond acceptors (Lipinski definition) is 6. The fourth-order valence-corrected chi connectivity index (χ4v) is 2.14. The molecule has 1 aromatic rings. The summed E-state index contributed by atoms with van der Waals surface area (Å²) in [6.07, 6.45) is 1.53. The second-order valence-corrected chi connectivity index (χ2v) is 5.25. The third-order valence-electron chi connectivity index (χ3n) is 3.48. The van der Waals surface area contributed by atoms with Crippen molar-refractivity contribution < 1.29 is 19.9 Å². The SMILES string of the molecule is NCCCCCC(=O)N[C@H](CO)[C@H](O)c1ccc([N+](=O)[O-])cc1. The molecule has 8 nitrogen and oxygen atoms in total. The van der Waals surface area contributed by atoms with Crippen molar-refractivity contribution in [3.63, 3.8) is 0 Å². The number of nitrogens with one attached hydrogen (secondary N) is 1. The number of nitrogens with zero attached hydrogens (tertiary/aromatic N) is 1. The average molecular weight is 325 g/mol. The monoisotopic (exact) mass is 325 g/mol. The third kappa shape index (κ3) is 6.31. The maximum absolute atomic E-state index is 11.8. The van der Waals surface area contributed by atoms with Crippen molar-refractivity contribution in [2.45, 2.75) is 37.8 Å². The molecule has 0 unspecified atom stereocenters. The standard InChI is InChI=1S/C15H23N3O5/c16-9-3-1-2-4-14(20)17-13(10-19)15(21)11-5-7-12(8-6-11)18(22)23/h5-8,13,15,19,21H,1-4,9-10,16H2,(H,17,20)/t13-,15-/m1/s1. The molecule has 5 N–H and O–H groups in total. The summed E-state index contributed by atoms with van der Waals surface area (Å²) < 4.78 is 0. The number of non-ortho nitro benzene ring substituents is 1. The van der Waals surface area contributed by atoms with Crippen LogP contribution < -0.4 is 11.1 Å². The van der Waals surface area contributed by atoms with E-state index in [0.29, 0.717) is 24.9 Å². The molecule has 1 rings (SSSR count). The highest BCUT2D eigenvalue weighted by molar-refractivity contribution is 5.76. The molecular weight excluding hydrogens is 302 g/mol. The summed E-state index contributed by atoms with van der Waals surface area (Å²) in [5, 5.41) is 32.7. The van der Waals surface area contributed by atoms with Gasteiger partial charge in [0.15, 0.2) is 0 Å². The summed E-state index contributed by atoms with van der Waals surface area (Å²) in [6.45, 7) is 0.145. The van der Waals surface area contributed by atoms with Crippen LogP contribution in [0.2, 0.25) is 0 Å². The van der Waals surface area contributed by atoms with Crippen LogP contribution in [0.3, 0.4) is 0 Å². The van der Waals surface area contributed by atoms with E-state index in [9.17, 15) is 25.1 Å². The van der Waals surface area contributed by atoms with Crippen molar-refractivity contribution in [1.29, 1.82) is 0 Å². The number of carbonyl (C=O) groups is 1. The van der Waals surface area contributed by atoms with Crippen LogP contribution in [0, 0.1) is 10.1 Å². The number of rotatable bonds is 10. The topological polar surface area (TPSA) is 139 Å². The molecule has 0 aliphatic rings. The van der Waals surface area contributed by atoms with Crippen LogP contribution in [0.5, 0.6) is 0 Å². The van der Waals surface area contributed by atoms with Gasteiger partial charge in [-0.25, -0.2) is 0 Å². The van der Waals surface area contributed by atoms with E-state index in [-0.39, 0.29) is 11.6 Å². The predicted molar refractivity (Wildman–Crippen MR) is 84.6 cm³/mol. The Balaban J connectivity index is 2.58. The van der Waals surface area contributed by atoms with E-state index in [1.165, 1.54) is 24.3 Å². The van der Waals surface area contributed by atoms with Crippen LogP contribution in [0.1, 0.15) is 37.4 Å². The Morgan fingerprint density at radius 2 is 1.91 bits per heavy atom. The van der Waals surface area contributed by atoms with Crippen molar-refractivity contribution >= 4 is 11.6 Å². The lowest BCUT2D eigenvalue weighted by Gasteiger charge is -2.22. The van der Waals surface area contributed by atoms with Crippen LogP contribution in [0.25, 0.3) is 0 Å². The molecule has 0 spiro atoms. The molecule has 0 aromatic heterocycles. The normalized spacial score (nSPS) is 13.3. The van der Waals surface area contributed by atoms with Crippen LogP contribution in [0.4, 0.5) is 5.69 Å². The summed E-state index contributed by atoms with van der Waals surface area (Å²) in [5.74, 6) is -0.262. The van der Waals surface area contributed by atoms with Gasteiger partial charge in [-0.15, -0.1) is 0 Å². The number of amides is 1. The second-order valence-electron chi connectivity index (χ2n) is 5.25. The first-order valence-corrected chi connectivity index (χ1v) is 7.52. The zero-order valence-electron chi connectivity index (χ0n) is 12.9. The predicted octanol–water partition coefficient (Wildman–Crippen LogP) is 0.624. The molecule has 0 saturated heterocycles. The number of nitro groups is 1. The Labute approximate surface area is 134 Å². The molecular formula is C15H23N3O5. The molecule has 0 aliphatic heterocycles. The molecule has 0 bridgehead atoms. The fraction of sp³-hybridized carbons (Fsp3) is 0.533. The first-order chi connectivity index (χ1) is 11.0. The number of carbonyl (C=O) groups excluding carboxylic acids is 1. The molecule has 128 valence electrons. The van der Waals surface area contributed by atoms with E-state index in [0.717, 1.165) is 12.8 Å². The smallest absolute Gasteiger partial charge is 0.269 e. The number of unbranched alkanes of at least 4 members (excludes halogenated alkanes) is 2. The summed E-state index contributed by atoms with van der Waals surface area (Å²) in [7, 11) is 0. The first kappa shape index (κ1) is 19.0. The van der Waals surface area contributed by atoms with Gasteiger partial charge in [0, 0.05) is 18.6 Å². The number of nitrogens with two attached hydrogens (primary N) is 1. The summed E-state index contributed by atoms with van der Waals surface area (Å²) in [4.78, 5) is 21.9. The zero-order valence-corrected chi connectivity index (χ0v) is 12.9. The third-order valence-corrected chi connectivity index (χ3v) is 3.48. The van der Waals surface area contributed by atoms with E-state index in [1.54, 1.807) is 0 Å². The van der Waals surface area contributed by atoms with Crippen LogP contribution in [0.15, 0.2) is 24.3 Å². The number of hydrogen-bond donors (Lipinski definition) is 4. The first-order valence-electron chi connectivity index (χ1n) is 7.52. The lowest BCUT2D eigenvalue weighted by atomic mass is 10.0. The number of aliphatic hydroxyl groups is 2. The number of nitro benzene ring substituents is 1. The second kappa shape index (κ2) is 9.88. The summed E-state index contributed by atoms with van der Waals surface area (Å²) in [5.41, 5.74) is 5.67. The Bertz CT molecular complexity index is 506. The molecule has 1 aromatic carbocycles. The lowest BCUT2D eigenvalue weighted by molar-refractivity contribution is -0.384. The van der Waals surface area contributed by atoms with Gasteiger partial charge in [-0.05, 0) is 37.1 Å². The van der Waals surface area contributed by atoms with Crippen molar-refractivity contribution in [2.24, 2.45) is 5.73 Å². The molecule has 23 heavy (non-hydrogen) atoms. The quantitative estimate of drug-likeness (QED) is 0.282. The lowest BCUT2D eigenvalue weighted by Crippen LogP contribution is -2.41. The van der Waals surface area contributed by atoms with Gasteiger partial charge in [0.2, 0.25) is 5.91 Å². The highest BCUT2D eigenvalue weighted by Gasteiger charge is 2.22. The van der Waals surface area contributed by atoms with E-state index in [1.807, 2.05) is 0 Å². The maximum atomic E-state index is 11.8. The molecule has 1 amide bonds. The Morgan fingerprint density at radius 1 is 1.26 bits per heavy atom. The maximum Gasteiger partial charge on any atom is 0.269 e. The molecule has 8 heteroatoms. The Hall–Kier alpha value is -2.03. The van der Waals surface area contributed by atoms with Gasteiger partial charge in [-0.3, -0.25) is 14.9 Å². The van der Waals surface area contributed by atoms with E-state index in [2.05, 4.69) is 5.32 Å². The highest BCUT2D eigenvalue weighted by Crippen LogP contribution is 2.20. The molecule has 0 radical (unpaired) electrons.